The lowest BCUT2D eigenvalue weighted by Crippen LogP contribution is -2.27. The van der Waals surface area contributed by atoms with Crippen LogP contribution in [-0.2, 0) is 22.6 Å². The molecule has 2 aromatic rings. The molecule has 0 radical (unpaired) electrons. The first-order valence-corrected chi connectivity index (χ1v) is 10.6. The highest BCUT2D eigenvalue weighted by Crippen LogP contribution is 2.18. The summed E-state index contributed by atoms with van der Waals surface area (Å²) in [6.45, 7) is 5.21. The summed E-state index contributed by atoms with van der Waals surface area (Å²) < 4.78 is 1.98. The predicted octanol–water partition coefficient (Wildman–Crippen LogP) is 2.88. The number of benzene rings is 1. The number of nitrogens with zero attached hydrogens (tertiary/aromatic N) is 3. The van der Waals surface area contributed by atoms with E-state index in [9.17, 15) is 9.59 Å². The van der Waals surface area contributed by atoms with Gasteiger partial charge in [-0.1, -0.05) is 47.7 Å². The Morgan fingerprint density at radius 3 is 2.69 bits per heavy atom. The van der Waals surface area contributed by atoms with E-state index in [0.29, 0.717) is 31.1 Å². The Labute approximate surface area is 174 Å². The van der Waals surface area contributed by atoms with Gasteiger partial charge in [0.15, 0.2) is 5.16 Å². The lowest BCUT2D eigenvalue weighted by Gasteiger charge is -2.09. The van der Waals surface area contributed by atoms with Crippen molar-refractivity contribution in [2.45, 2.75) is 38.4 Å². The van der Waals surface area contributed by atoms with Crippen molar-refractivity contribution in [3.8, 4) is 0 Å². The highest BCUT2D eigenvalue weighted by Gasteiger charge is 2.14. The number of anilines is 1. The maximum absolute atomic E-state index is 12.2. The Hall–Kier alpha value is -2.87. The fourth-order valence-corrected chi connectivity index (χ4v) is 3.73. The molecular weight excluding hydrogens is 386 g/mol. The van der Waals surface area contributed by atoms with Crippen molar-refractivity contribution in [1.29, 1.82) is 0 Å². The van der Waals surface area contributed by atoms with E-state index in [1.54, 1.807) is 0 Å². The summed E-state index contributed by atoms with van der Waals surface area (Å²) >= 11 is 1.36. The van der Waals surface area contributed by atoms with Gasteiger partial charge in [0, 0.05) is 30.8 Å². The average molecular weight is 412 g/mol. The summed E-state index contributed by atoms with van der Waals surface area (Å²) in [5, 5.41) is 15.0. The van der Waals surface area contributed by atoms with Crippen LogP contribution in [0.3, 0.4) is 0 Å². The molecule has 2 N–H and O–H groups in total. The molecule has 0 spiro atoms. The Morgan fingerprint density at radius 2 is 2.00 bits per heavy atom. The number of hydrogen-bond acceptors (Lipinski definition) is 5. The van der Waals surface area contributed by atoms with Gasteiger partial charge >= 0.3 is 0 Å². The summed E-state index contributed by atoms with van der Waals surface area (Å²) in [4.78, 5) is 24.2. The minimum atomic E-state index is -0.0863. The van der Waals surface area contributed by atoms with Crippen LogP contribution in [0.2, 0.25) is 0 Å². The Bertz CT molecular complexity index is 931. The summed E-state index contributed by atoms with van der Waals surface area (Å²) in [6, 6.07) is 7.69. The standard InChI is InChI=1S/C21H25N5O2S/c1-3-26-18(12-13-22-20(28)16-6-4-5-7-16)24-25-21(26)29-14-19(27)23-17-10-8-15(2)9-11-17/h4-6,8-11H,3,7,12-14H2,1-2H3,(H,22,28)(H,23,27). The van der Waals surface area contributed by atoms with Gasteiger partial charge < -0.3 is 15.2 Å². The first-order valence-electron chi connectivity index (χ1n) is 9.62. The van der Waals surface area contributed by atoms with Gasteiger partial charge in [-0.3, -0.25) is 9.59 Å². The number of allylic oxidation sites excluding steroid dienone is 3. The number of amides is 2. The Kier molecular flexibility index (Phi) is 7.24. The molecule has 29 heavy (non-hydrogen) atoms. The average Bonchev–Trinajstić information content (AvgIpc) is 3.38. The van der Waals surface area contributed by atoms with Gasteiger partial charge in [-0.15, -0.1) is 10.2 Å². The lowest BCUT2D eigenvalue weighted by atomic mass is 10.2. The van der Waals surface area contributed by atoms with Crippen LogP contribution in [0.5, 0.6) is 0 Å². The zero-order chi connectivity index (χ0) is 20.6. The quantitative estimate of drug-likeness (QED) is 0.620. The fraction of sp³-hybridized carbons (Fsp3) is 0.333. The van der Waals surface area contributed by atoms with Crippen LogP contribution in [0.15, 0.2) is 53.2 Å². The van der Waals surface area contributed by atoms with E-state index >= 15 is 0 Å². The molecular formula is C21H25N5O2S. The first kappa shape index (κ1) is 20.9. The summed E-state index contributed by atoms with van der Waals surface area (Å²) in [5.74, 6) is 0.925. The molecule has 152 valence electrons. The van der Waals surface area contributed by atoms with Crippen LogP contribution in [0, 0.1) is 6.92 Å². The maximum atomic E-state index is 12.2. The van der Waals surface area contributed by atoms with Crippen molar-refractivity contribution in [3.63, 3.8) is 0 Å². The summed E-state index contributed by atoms with van der Waals surface area (Å²) in [5.41, 5.74) is 2.70. The molecule has 0 aliphatic heterocycles. The van der Waals surface area contributed by atoms with Crippen molar-refractivity contribution in [2.75, 3.05) is 17.6 Å². The monoisotopic (exact) mass is 411 g/mol. The van der Waals surface area contributed by atoms with Gasteiger partial charge in [0.05, 0.1) is 5.75 Å². The van der Waals surface area contributed by atoms with Crippen molar-refractivity contribution in [1.82, 2.24) is 20.1 Å². The van der Waals surface area contributed by atoms with Crippen molar-refractivity contribution >= 4 is 29.3 Å². The zero-order valence-electron chi connectivity index (χ0n) is 16.6. The van der Waals surface area contributed by atoms with Gasteiger partial charge in [-0.05, 0) is 32.4 Å². The van der Waals surface area contributed by atoms with Gasteiger partial charge in [0.2, 0.25) is 11.8 Å². The van der Waals surface area contributed by atoms with Crippen molar-refractivity contribution < 1.29 is 9.59 Å². The molecule has 8 heteroatoms. The molecule has 1 aromatic heterocycles. The molecule has 2 amide bonds. The largest absolute Gasteiger partial charge is 0.352 e. The van der Waals surface area contributed by atoms with Crippen molar-refractivity contribution in [3.05, 3.63) is 59.5 Å². The predicted molar refractivity (Wildman–Crippen MR) is 115 cm³/mol. The smallest absolute Gasteiger partial charge is 0.247 e. The number of aryl methyl sites for hydroxylation is 1. The zero-order valence-corrected chi connectivity index (χ0v) is 17.5. The third-order valence-electron chi connectivity index (χ3n) is 4.47. The first-order chi connectivity index (χ1) is 14.1. The fourth-order valence-electron chi connectivity index (χ4n) is 2.91. The summed E-state index contributed by atoms with van der Waals surface area (Å²) in [6.07, 6.45) is 6.95. The van der Waals surface area contributed by atoms with Crippen LogP contribution in [0.4, 0.5) is 5.69 Å². The highest BCUT2D eigenvalue weighted by atomic mass is 32.2. The van der Waals surface area contributed by atoms with Crippen LogP contribution >= 0.6 is 11.8 Å². The second-order valence-corrected chi connectivity index (χ2v) is 7.62. The number of carbonyl (C=O) groups is 2. The molecule has 0 atom stereocenters. The van der Waals surface area contributed by atoms with Crippen molar-refractivity contribution in [2.24, 2.45) is 0 Å². The van der Waals surface area contributed by atoms with E-state index in [4.69, 9.17) is 0 Å². The Morgan fingerprint density at radius 1 is 1.21 bits per heavy atom. The second kappa shape index (κ2) is 10.1. The molecule has 3 rings (SSSR count). The molecule has 1 aliphatic carbocycles. The maximum Gasteiger partial charge on any atom is 0.247 e. The molecule has 0 saturated heterocycles. The third kappa shape index (κ3) is 5.80. The van der Waals surface area contributed by atoms with Gasteiger partial charge in [-0.25, -0.2) is 0 Å². The second-order valence-electron chi connectivity index (χ2n) is 6.68. The molecule has 1 aromatic carbocycles. The number of carbonyl (C=O) groups excluding carboxylic acids is 2. The van der Waals surface area contributed by atoms with Gasteiger partial charge in [0.1, 0.15) is 5.82 Å². The molecule has 0 bridgehead atoms. The van der Waals surface area contributed by atoms with E-state index in [1.807, 2.05) is 60.9 Å². The molecule has 0 fully saturated rings. The molecule has 0 saturated carbocycles. The number of thioether (sulfide) groups is 1. The third-order valence-corrected chi connectivity index (χ3v) is 5.44. The van der Waals surface area contributed by atoms with Crippen LogP contribution in [-0.4, -0.2) is 38.9 Å². The van der Waals surface area contributed by atoms with E-state index in [2.05, 4.69) is 20.8 Å². The normalized spacial score (nSPS) is 12.7. The SMILES string of the molecule is CCn1c(CCNC(=O)C2=CC=CC2)nnc1SCC(=O)Nc1ccc(C)cc1. The van der Waals surface area contributed by atoms with E-state index in [0.717, 1.165) is 22.6 Å². The Balaban J connectivity index is 1.48. The van der Waals surface area contributed by atoms with E-state index < -0.39 is 0 Å². The highest BCUT2D eigenvalue weighted by molar-refractivity contribution is 7.99. The van der Waals surface area contributed by atoms with Crippen LogP contribution in [0.1, 0.15) is 24.7 Å². The van der Waals surface area contributed by atoms with E-state index in [-0.39, 0.29) is 17.6 Å². The minimum absolute atomic E-state index is 0.0417. The van der Waals surface area contributed by atoms with E-state index in [1.165, 1.54) is 11.8 Å². The minimum Gasteiger partial charge on any atom is -0.352 e. The summed E-state index contributed by atoms with van der Waals surface area (Å²) in [7, 11) is 0. The topological polar surface area (TPSA) is 88.9 Å². The molecule has 1 heterocycles. The lowest BCUT2D eigenvalue weighted by molar-refractivity contribution is -0.117. The molecule has 7 nitrogen and oxygen atoms in total. The number of nitrogens with one attached hydrogen (secondary N) is 2. The molecule has 0 unspecified atom stereocenters. The number of rotatable bonds is 9. The van der Waals surface area contributed by atoms with Crippen LogP contribution < -0.4 is 10.6 Å². The number of hydrogen-bond donors (Lipinski definition) is 2. The molecule has 1 aliphatic rings. The van der Waals surface area contributed by atoms with Gasteiger partial charge in [0.25, 0.3) is 0 Å². The van der Waals surface area contributed by atoms with Gasteiger partial charge in [-0.2, -0.15) is 0 Å². The number of aromatic nitrogens is 3. The van der Waals surface area contributed by atoms with Crippen LogP contribution in [0.25, 0.3) is 0 Å².